The molecule has 0 aromatic heterocycles. The monoisotopic (exact) mass is 355 g/mol. The first-order valence-electron chi connectivity index (χ1n) is 8.09. The van der Waals surface area contributed by atoms with Crippen LogP contribution < -0.4 is 9.47 Å². The Hall–Kier alpha value is -3.15. The van der Waals surface area contributed by atoms with Crippen molar-refractivity contribution in [1.82, 2.24) is 0 Å². The number of carbonyl (C=O) groups is 1. The van der Waals surface area contributed by atoms with Gasteiger partial charge in [-0.1, -0.05) is 12.1 Å². The zero-order valence-electron chi connectivity index (χ0n) is 14.7. The van der Waals surface area contributed by atoms with Crippen LogP contribution >= 0.6 is 0 Å². The van der Waals surface area contributed by atoms with Crippen LogP contribution in [-0.4, -0.2) is 25.1 Å². The smallest absolute Gasteiger partial charge is 0.363 e. The minimum atomic E-state index is -0.591. The number of rotatable bonds is 5. The van der Waals surface area contributed by atoms with Crippen LogP contribution in [0.3, 0.4) is 0 Å². The van der Waals surface area contributed by atoms with Crippen molar-refractivity contribution in [3.8, 4) is 11.5 Å². The van der Waals surface area contributed by atoms with Crippen LogP contribution in [0.1, 0.15) is 25.0 Å². The summed E-state index contributed by atoms with van der Waals surface area (Å²) >= 11 is 0. The molecule has 6 heteroatoms. The van der Waals surface area contributed by atoms with Gasteiger partial charge < -0.3 is 14.2 Å². The number of esters is 1. The average molecular weight is 355 g/mol. The molecule has 1 aliphatic heterocycles. The van der Waals surface area contributed by atoms with E-state index in [1.54, 1.807) is 37.5 Å². The molecule has 3 rings (SSSR count). The highest BCUT2D eigenvalue weighted by Crippen LogP contribution is 2.30. The number of carbonyl (C=O) groups excluding carboxylic acids is 1. The van der Waals surface area contributed by atoms with Crippen molar-refractivity contribution in [2.24, 2.45) is 4.99 Å². The van der Waals surface area contributed by atoms with E-state index in [-0.39, 0.29) is 17.7 Å². The van der Waals surface area contributed by atoms with E-state index in [4.69, 9.17) is 14.2 Å². The van der Waals surface area contributed by atoms with Crippen molar-refractivity contribution in [3.05, 3.63) is 65.1 Å². The van der Waals surface area contributed by atoms with E-state index in [0.717, 1.165) is 0 Å². The van der Waals surface area contributed by atoms with E-state index in [9.17, 15) is 9.18 Å². The molecule has 0 aliphatic carbocycles. The van der Waals surface area contributed by atoms with Gasteiger partial charge >= 0.3 is 5.97 Å². The van der Waals surface area contributed by atoms with E-state index < -0.39 is 11.8 Å². The number of nitrogens with zero attached hydrogens (tertiary/aromatic N) is 1. The molecule has 2 aromatic carbocycles. The Kier molecular flexibility index (Phi) is 5.02. The minimum absolute atomic E-state index is 0.0270. The predicted molar refractivity (Wildman–Crippen MR) is 95.8 cm³/mol. The maximum atomic E-state index is 13.3. The first kappa shape index (κ1) is 17.7. The number of benzene rings is 2. The first-order chi connectivity index (χ1) is 12.5. The molecule has 2 aromatic rings. The van der Waals surface area contributed by atoms with Crippen LogP contribution in [0, 0.1) is 5.82 Å². The van der Waals surface area contributed by atoms with Crippen molar-refractivity contribution in [2.45, 2.75) is 20.0 Å². The third-order valence-corrected chi connectivity index (χ3v) is 3.55. The molecule has 0 radical (unpaired) electrons. The topological polar surface area (TPSA) is 57.1 Å². The Labute approximate surface area is 150 Å². The highest BCUT2D eigenvalue weighted by atomic mass is 19.1. The summed E-state index contributed by atoms with van der Waals surface area (Å²) in [6, 6.07) is 11.0. The summed E-state index contributed by atoms with van der Waals surface area (Å²) in [5.74, 6) is 0.222. The molecule has 1 heterocycles. The van der Waals surface area contributed by atoms with Crippen LogP contribution in [0.4, 0.5) is 4.39 Å². The Morgan fingerprint density at radius 3 is 2.65 bits per heavy atom. The van der Waals surface area contributed by atoms with E-state index in [1.165, 1.54) is 18.2 Å². The summed E-state index contributed by atoms with van der Waals surface area (Å²) in [6.45, 7) is 3.82. The van der Waals surface area contributed by atoms with Gasteiger partial charge in [0, 0.05) is 5.56 Å². The summed E-state index contributed by atoms with van der Waals surface area (Å²) in [5, 5.41) is 0. The first-order valence-corrected chi connectivity index (χ1v) is 8.09. The standard InChI is InChI=1S/C20H18FNO4/c1-12(2)25-18-10-13(7-8-17(18)24-3)9-16-20(23)26-19(22-16)14-5-4-6-15(21)11-14/h4-12H,1-3H3. The van der Waals surface area contributed by atoms with Crippen LogP contribution in [0.5, 0.6) is 11.5 Å². The van der Waals surface area contributed by atoms with E-state index in [2.05, 4.69) is 4.99 Å². The highest BCUT2D eigenvalue weighted by Gasteiger charge is 2.24. The van der Waals surface area contributed by atoms with Gasteiger partial charge in [0.15, 0.2) is 17.2 Å². The van der Waals surface area contributed by atoms with Crippen LogP contribution in [0.25, 0.3) is 6.08 Å². The van der Waals surface area contributed by atoms with Gasteiger partial charge in [-0.25, -0.2) is 14.2 Å². The average Bonchev–Trinajstić information content (AvgIpc) is 2.95. The fourth-order valence-corrected chi connectivity index (χ4v) is 2.44. The molecule has 0 amide bonds. The quantitative estimate of drug-likeness (QED) is 0.602. The molecule has 0 N–H and O–H groups in total. The number of halogens is 1. The van der Waals surface area contributed by atoms with Crippen molar-refractivity contribution in [2.75, 3.05) is 7.11 Å². The second-order valence-corrected chi connectivity index (χ2v) is 5.92. The number of ether oxygens (including phenoxy) is 3. The Balaban J connectivity index is 1.93. The molecular formula is C20H18FNO4. The predicted octanol–water partition coefficient (Wildman–Crippen LogP) is 3.97. The maximum absolute atomic E-state index is 13.3. The molecule has 0 bridgehead atoms. The van der Waals surface area contributed by atoms with Gasteiger partial charge in [0.05, 0.1) is 13.2 Å². The molecule has 26 heavy (non-hydrogen) atoms. The molecule has 5 nitrogen and oxygen atoms in total. The lowest BCUT2D eigenvalue weighted by atomic mass is 10.1. The third-order valence-electron chi connectivity index (χ3n) is 3.55. The minimum Gasteiger partial charge on any atom is -0.493 e. The van der Waals surface area contributed by atoms with Crippen molar-refractivity contribution >= 4 is 17.9 Å². The second-order valence-electron chi connectivity index (χ2n) is 5.92. The van der Waals surface area contributed by atoms with E-state index >= 15 is 0 Å². The number of cyclic esters (lactones) is 1. The van der Waals surface area contributed by atoms with Crippen molar-refractivity contribution in [1.29, 1.82) is 0 Å². The largest absolute Gasteiger partial charge is 0.493 e. The number of aliphatic imine (C=N–C) groups is 1. The van der Waals surface area contributed by atoms with Crippen molar-refractivity contribution in [3.63, 3.8) is 0 Å². The third kappa shape index (κ3) is 3.91. The van der Waals surface area contributed by atoms with Crippen molar-refractivity contribution < 1.29 is 23.4 Å². The maximum Gasteiger partial charge on any atom is 0.363 e. The molecule has 0 saturated carbocycles. The summed E-state index contributed by atoms with van der Waals surface area (Å²) in [6.07, 6.45) is 1.56. The number of hydrogen-bond acceptors (Lipinski definition) is 5. The number of methoxy groups -OCH3 is 1. The highest BCUT2D eigenvalue weighted by molar-refractivity contribution is 6.12. The lowest BCUT2D eigenvalue weighted by Crippen LogP contribution is -2.07. The fourth-order valence-electron chi connectivity index (χ4n) is 2.44. The lowest BCUT2D eigenvalue weighted by Gasteiger charge is -2.13. The van der Waals surface area contributed by atoms with Gasteiger partial charge in [-0.15, -0.1) is 0 Å². The van der Waals surface area contributed by atoms with E-state index in [0.29, 0.717) is 22.6 Å². The summed E-state index contributed by atoms with van der Waals surface area (Å²) in [4.78, 5) is 16.3. The zero-order chi connectivity index (χ0) is 18.7. The van der Waals surface area contributed by atoms with Gasteiger partial charge in [-0.05, 0) is 55.8 Å². The fraction of sp³-hybridized carbons (Fsp3) is 0.200. The van der Waals surface area contributed by atoms with Gasteiger partial charge in [0.1, 0.15) is 5.82 Å². The van der Waals surface area contributed by atoms with Crippen LogP contribution in [-0.2, 0) is 9.53 Å². The molecule has 0 saturated heterocycles. The van der Waals surface area contributed by atoms with Gasteiger partial charge in [-0.2, -0.15) is 0 Å². The second kappa shape index (κ2) is 7.39. The van der Waals surface area contributed by atoms with E-state index in [1.807, 2.05) is 13.8 Å². The Morgan fingerprint density at radius 1 is 1.15 bits per heavy atom. The van der Waals surface area contributed by atoms with Gasteiger partial charge in [0.25, 0.3) is 0 Å². The molecule has 0 atom stereocenters. The van der Waals surface area contributed by atoms with Gasteiger partial charge in [0.2, 0.25) is 5.90 Å². The Morgan fingerprint density at radius 2 is 1.96 bits per heavy atom. The number of hydrogen-bond donors (Lipinski definition) is 0. The SMILES string of the molecule is COc1ccc(C=C2N=C(c3cccc(F)c3)OC2=O)cc1OC(C)C. The zero-order valence-corrected chi connectivity index (χ0v) is 14.7. The molecule has 1 aliphatic rings. The summed E-state index contributed by atoms with van der Waals surface area (Å²) in [7, 11) is 1.56. The molecule has 0 fully saturated rings. The molecule has 0 unspecified atom stereocenters. The molecular weight excluding hydrogens is 337 g/mol. The van der Waals surface area contributed by atoms with Crippen LogP contribution in [0.15, 0.2) is 53.2 Å². The summed E-state index contributed by atoms with van der Waals surface area (Å²) < 4.78 is 29.5. The lowest BCUT2D eigenvalue weighted by molar-refractivity contribution is -0.129. The van der Waals surface area contributed by atoms with Crippen LogP contribution in [0.2, 0.25) is 0 Å². The van der Waals surface area contributed by atoms with Gasteiger partial charge in [-0.3, -0.25) is 0 Å². The Bertz CT molecular complexity index is 902. The normalized spacial score (nSPS) is 15.2. The molecule has 134 valence electrons. The summed E-state index contributed by atoms with van der Waals surface area (Å²) in [5.41, 5.74) is 1.24. The molecule has 0 spiro atoms.